The molecule has 6 heteroatoms. The van der Waals surface area contributed by atoms with Crippen LogP contribution in [0.5, 0.6) is 0 Å². The summed E-state index contributed by atoms with van der Waals surface area (Å²) in [4.78, 5) is 11.8. The maximum atomic E-state index is 11.8. The standard InChI is InChI=1S/C12H16N4O2/c1-3-4-7-16-11(8-9(2)15-16)14-12(17)10-5-6-13-18-10/h5-6,8H,3-4,7H2,1-2H3,(H,14,17). The number of carbonyl (C=O) groups excluding carboxylic acids is 1. The molecular weight excluding hydrogens is 232 g/mol. The number of rotatable bonds is 5. The summed E-state index contributed by atoms with van der Waals surface area (Å²) in [5.74, 6) is 0.559. The molecule has 0 saturated heterocycles. The number of anilines is 1. The quantitative estimate of drug-likeness (QED) is 0.880. The van der Waals surface area contributed by atoms with Crippen LogP contribution in [-0.4, -0.2) is 20.8 Å². The van der Waals surface area contributed by atoms with Crippen molar-refractivity contribution in [3.05, 3.63) is 29.8 Å². The van der Waals surface area contributed by atoms with E-state index in [9.17, 15) is 4.79 Å². The van der Waals surface area contributed by atoms with Crippen molar-refractivity contribution in [2.24, 2.45) is 0 Å². The van der Waals surface area contributed by atoms with Gasteiger partial charge in [0.15, 0.2) is 0 Å². The number of unbranched alkanes of at least 4 members (excludes halogenated alkanes) is 1. The van der Waals surface area contributed by atoms with Crippen molar-refractivity contribution >= 4 is 11.7 Å². The Hall–Kier alpha value is -2.11. The first kappa shape index (κ1) is 12.3. The fraction of sp³-hybridized carbons (Fsp3) is 0.417. The first-order valence-electron chi connectivity index (χ1n) is 5.97. The highest BCUT2D eigenvalue weighted by molar-refractivity contribution is 6.01. The Kier molecular flexibility index (Phi) is 3.76. The lowest BCUT2D eigenvalue weighted by Gasteiger charge is -2.06. The first-order valence-corrected chi connectivity index (χ1v) is 5.97. The first-order chi connectivity index (χ1) is 8.70. The minimum Gasteiger partial charge on any atom is -0.351 e. The zero-order valence-corrected chi connectivity index (χ0v) is 10.5. The lowest BCUT2D eigenvalue weighted by Crippen LogP contribution is -2.15. The van der Waals surface area contributed by atoms with E-state index >= 15 is 0 Å². The fourth-order valence-corrected chi connectivity index (χ4v) is 1.64. The Labute approximate surface area is 105 Å². The van der Waals surface area contributed by atoms with Gasteiger partial charge >= 0.3 is 0 Å². The summed E-state index contributed by atoms with van der Waals surface area (Å²) in [6, 6.07) is 3.36. The van der Waals surface area contributed by atoms with Gasteiger partial charge in [0.05, 0.1) is 11.9 Å². The Balaban J connectivity index is 2.10. The second-order valence-corrected chi connectivity index (χ2v) is 4.08. The van der Waals surface area contributed by atoms with E-state index in [1.165, 1.54) is 12.3 Å². The molecule has 1 amide bonds. The molecule has 0 aliphatic rings. The smallest absolute Gasteiger partial charge is 0.295 e. The van der Waals surface area contributed by atoms with Crippen molar-refractivity contribution in [2.45, 2.75) is 33.2 Å². The molecule has 1 N–H and O–H groups in total. The van der Waals surface area contributed by atoms with E-state index in [0.29, 0.717) is 5.82 Å². The van der Waals surface area contributed by atoms with Crippen LogP contribution < -0.4 is 5.32 Å². The van der Waals surface area contributed by atoms with Crippen LogP contribution >= 0.6 is 0 Å². The SMILES string of the molecule is CCCCn1nc(C)cc1NC(=O)c1ccno1. The lowest BCUT2D eigenvalue weighted by molar-refractivity contribution is 0.0987. The molecule has 2 aromatic rings. The summed E-state index contributed by atoms with van der Waals surface area (Å²) < 4.78 is 6.60. The van der Waals surface area contributed by atoms with E-state index in [1.54, 1.807) is 4.68 Å². The molecule has 0 bridgehead atoms. The van der Waals surface area contributed by atoms with Crippen LogP contribution in [0.3, 0.4) is 0 Å². The number of aryl methyl sites for hydroxylation is 2. The van der Waals surface area contributed by atoms with Gasteiger partial charge in [-0.25, -0.2) is 4.68 Å². The van der Waals surface area contributed by atoms with E-state index in [0.717, 1.165) is 25.1 Å². The van der Waals surface area contributed by atoms with Crippen LogP contribution in [0.4, 0.5) is 5.82 Å². The minimum atomic E-state index is -0.315. The predicted octanol–water partition coefficient (Wildman–Crippen LogP) is 2.23. The van der Waals surface area contributed by atoms with Crippen LogP contribution in [0.1, 0.15) is 36.0 Å². The van der Waals surface area contributed by atoms with Gasteiger partial charge in [-0.2, -0.15) is 5.10 Å². The Morgan fingerprint density at radius 1 is 1.56 bits per heavy atom. The summed E-state index contributed by atoms with van der Waals surface area (Å²) in [5.41, 5.74) is 0.874. The van der Waals surface area contributed by atoms with Gasteiger partial charge in [0.2, 0.25) is 5.76 Å². The number of hydrogen-bond donors (Lipinski definition) is 1. The third kappa shape index (κ3) is 2.77. The molecule has 0 fully saturated rings. The van der Waals surface area contributed by atoms with Crippen molar-refractivity contribution in [2.75, 3.05) is 5.32 Å². The predicted molar refractivity (Wildman–Crippen MR) is 66.3 cm³/mol. The Bertz CT molecular complexity index is 516. The molecule has 0 aromatic carbocycles. The van der Waals surface area contributed by atoms with Gasteiger partial charge in [0.25, 0.3) is 5.91 Å². The maximum absolute atomic E-state index is 11.8. The Morgan fingerprint density at radius 3 is 3.06 bits per heavy atom. The molecule has 6 nitrogen and oxygen atoms in total. The maximum Gasteiger partial charge on any atom is 0.295 e. The molecular formula is C12H16N4O2. The second-order valence-electron chi connectivity index (χ2n) is 4.08. The lowest BCUT2D eigenvalue weighted by atomic mass is 10.3. The van der Waals surface area contributed by atoms with Crippen molar-refractivity contribution in [3.8, 4) is 0 Å². The molecule has 0 aliphatic heterocycles. The number of nitrogens with one attached hydrogen (secondary N) is 1. The summed E-state index contributed by atoms with van der Waals surface area (Å²) in [6.07, 6.45) is 3.54. The third-order valence-electron chi connectivity index (χ3n) is 2.53. The normalized spacial score (nSPS) is 10.6. The van der Waals surface area contributed by atoms with Gasteiger partial charge in [-0.3, -0.25) is 4.79 Å². The highest BCUT2D eigenvalue weighted by Crippen LogP contribution is 2.13. The summed E-state index contributed by atoms with van der Waals surface area (Å²) >= 11 is 0. The molecule has 0 atom stereocenters. The molecule has 0 saturated carbocycles. The topological polar surface area (TPSA) is 73.0 Å². The van der Waals surface area contributed by atoms with Crippen LogP contribution in [0.15, 0.2) is 22.9 Å². The van der Waals surface area contributed by atoms with Gasteiger partial charge in [0, 0.05) is 18.7 Å². The molecule has 2 aromatic heterocycles. The highest BCUT2D eigenvalue weighted by Gasteiger charge is 2.13. The van der Waals surface area contributed by atoms with E-state index in [1.807, 2.05) is 13.0 Å². The summed E-state index contributed by atoms with van der Waals surface area (Å²) in [5, 5.41) is 10.6. The highest BCUT2D eigenvalue weighted by atomic mass is 16.5. The summed E-state index contributed by atoms with van der Waals surface area (Å²) in [7, 11) is 0. The molecule has 2 rings (SSSR count). The molecule has 2 heterocycles. The van der Waals surface area contributed by atoms with Gasteiger partial charge in [-0.05, 0) is 13.3 Å². The van der Waals surface area contributed by atoms with Gasteiger partial charge in [-0.1, -0.05) is 18.5 Å². The van der Waals surface area contributed by atoms with Crippen molar-refractivity contribution < 1.29 is 9.32 Å². The molecule has 0 unspecified atom stereocenters. The minimum absolute atomic E-state index is 0.191. The molecule has 18 heavy (non-hydrogen) atoms. The average molecular weight is 248 g/mol. The Morgan fingerprint density at radius 2 is 2.39 bits per heavy atom. The van der Waals surface area contributed by atoms with E-state index in [4.69, 9.17) is 4.52 Å². The van der Waals surface area contributed by atoms with Crippen molar-refractivity contribution in [3.63, 3.8) is 0 Å². The van der Waals surface area contributed by atoms with E-state index < -0.39 is 0 Å². The molecule has 96 valence electrons. The fourth-order valence-electron chi connectivity index (χ4n) is 1.64. The van der Waals surface area contributed by atoms with E-state index in [-0.39, 0.29) is 11.7 Å². The molecule has 0 radical (unpaired) electrons. The van der Waals surface area contributed by atoms with Crippen LogP contribution in [-0.2, 0) is 6.54 Å². The summed E-state index contributed by atoms with van der Waals surface area (Å²) in [6.45, 7) is 4.80. The molecule has 0 spiro atoms. The van der Waals surface area contributed by atoms with Crippen LogP contribution in [0.25, 0.3) is 0 Å². The van der Waals surface area contributed by atoms with Gasteiger partial charge in [-0.15, -0.1) is 0 Å². The number of hydrogen-bond acceptors (Lipinski definition) is 4. The van der Waals surface area contributed by atoms with Crippen LogP contribution in [0.2, 0.25) is 0 Å². The number of carbonyl (C=O) groups is 1. The number of aromatic nitrogens is 3. The van der Waals surface area contributed by atoms with E-state index in [2.05, 4.69) is 22.5 Å². The monoisotopic (exact) mass is 248 g/mol. The zero-order valence-electron chi connectivity index (χ0n) is 10.5. The van der Waals surface area contributed by atoms with Crippen molar-refractivity contribution in [1.82, 2.24) is 14.9 Å². The van der Waals surface area contributed by atoms with Gasteiger partial charge in [0.1, 0.15) is 5.82 Å². The van der Waals surface area contributed by atoms with Gasteiger partial charge < -0.3 is 9.84 Å². The number of amides is 1. The largest absolute Gasteiger partial charge is 0.351 e. The zero-order chi connectivity index (χ0) is 13.0. The molecule has 0 aliphatic carbocycles. The number of nitrogens with zero attached hydrogens (tertiary/aromatic N) is 3. The average Bonchev–Trinajstić information content (AvgIpc) is 2.96. The van der Waals surface area contributed by atoms with Crippen LogP contribution in [0, 0.1) is 6.92 Å². The van der Waals surface area contributed by atoms with Crippen molar-refractivity contribution in [1.29, 1.82) is 0 Å². The third-order valence-corrected chi connectivity index (χ3v) is 2.53. The second kappa shape index (κ2) is 5.48.